The minimum absolute atomic E-state index is 0.0941. The lowest BCUT2D eigenvalue weighted by molar-refractivity contribution is -0.156. The second kappa shape index (κ2) is 7.66. The van der Waals surface area contributed by atoms with Crippen LogP contribution in [0.25, 0.3) is 0 Å². The molecule has 96 valence electrons. The Morgan fingerprint density at radius 2 is 1.88 bits per heavy atom. The molecule has 0 aromatic rings. The lowest BCUT2D eigenvalue weighted by Crippen LogP contribution is -2.33. The lowest BCUT2D eigenvalue weighted by atomic mass is 9.79. The number of esters is 1. The first-order valence-electron chi connectivity index (χ1n) is 6.21. The van der Waals surface area contributed by atoms with Crippen molar-refractivity contribution < 1.29 is 14.3 Å². The third kappa shape index (κ3) is 5.50. The van der Waals surface area contributed by atoms with Crippen LogP contribution in [-0.4, -0.2) is 25.8 Å². The summed E-state index contributed by atoms with van der Waals surface area (Å²) in [6, 6.07) is 0. The van der Waals surface area contributed by atoms with Gasteiger partial charge in [-0.05, 0) is 39.5 Å². The van der Waals surface area contributed by atoms with E-state index in [9.17, 15) is 4.79 Å². The van der Waals surface area contributed by atoms with Gasteiger partial charge in [-0.1, -0.05) is 13.8 Å². The number of ether oxygens (including phenoxy) is 2. The molecule has 0 aromatic heterocycles. The summed E-state index contributed by atoms with van der Waals surface area (Å²) < 4.78 is 10.5. The van der Waals surface area contributed by atoms with E-state index in [2.05, 4.69) is 13.8 Å². The number of hydrogen-bond acceptors (Lipinski definition) is 3. The van der Waals surface area contributed by atoms with Gasteiger partial charge in [-0.15, -0.1) is 0 Å². The van der Waals surface area contributed by atoms with E-state index in [0.717, 1.165) is 12.8 Å². The molecule has 0 N–H and O–H groups in total. The number of carbonyl (C=O) groups is 1. The number of rotatable bonds is 8. The van der Waals surface area contributed by atoms with E-state index in [1.165, 1.54) is 0 Å². The summed E-state index contributed by atoms with van der Waals surface area (Å²) in [5.74, 6) is 0.388. The number of carbonyl (C=O) groups excluding carboxylic acids is 1. The van der Waals surface area contributed by atoms with Crippen LogP contribution >= 0.6 is 0 Å². The highest BCUT2D eigenvalue weighted by Gasteiger charge is 2.34. The summed E-state index contributed by atoms with van der Waals surface area (Å²) in [5, 5.41) is 0. The molecule has 0 bridgehead atoms. The largest absolute Gasteiger partial charge is 0.466 e. The van der Waals surface area contributed by atoms with Gasteiger partial charge in [0.05, 0.1) is 12.0 Å². The average molecular weight is 230 g/mol. The van der Waals surface area contributed by atoms with Crippen molar-refractivity contribution in [1.82, 2.24) is 0 Å². The summed E-state index contributed by atoms with van der Waals surface area (Å²) in [6.07, 6.45) is 1.58. The van der Waals surface area contributed by atoms with Crippen LogP contribution < -0.4 is 0 Å². The molecule has 0 heterocycles. The van der Waals surface area contributed by atoms with Gasteiger partial charge >= 0.3 is 5.97 Å². The van der Waals surface area contributed by atoms with Gasteiger partial charge in [0, 0.05) is 13.2 Å². The summed E-state index contributed by atoms with van der Waals surface area (Å²) in [6.45, 7) is 11.8. The molecule has 3 heteroatoms. The highest BCUT2D eigenvalue weighted by atomic mass is 16.5. The van der Waals surface area contributed by atoms with Crippen molar-refractivity contribution in [3.8, 4) is 0 Å². The molecule has 0 radical (unpaired) electrons. The molecule has 0 spiro atoms. The summed E-state index contributed by atoms with van der Waals surface area (Å²) in [4.78, 5) is 11.9. The van der Waals surface area contributed by atoms with Gasteiger partial charge in [0.15, 0.2) is 0 Å². The van der Waals surface area contributed by atoms with Crippen molar-refractivity contribution in [3.63, 3.8) is 0 Å². The van der Waals surface area contributed by atoms with Crippen LogP contribution in [0.4, 0.5) is 0 Å². The third-order valence-corrected chi connectivity index (χ3v) is 2.63. The predicted molar refractivity (Wildman–Crippen MR) is 65.3 cm³/mol. The normalized spacial score (nSPS) is 14.9. The topological polar surface area (TPSA) is 35.5 Å². The van der Waals surface area contributed by atoms with Crippen LogP contribution in [0.15, 0.2) is 0 Å². The maximum Gasteiger partial charge on any atom is 0.311 e. The Hall–Kier alpha value is -0.570. The Morgan fingerprint density at radius 3 is 2.31 bits per heavy atom. The Balaban J connectivity index is 4.40. The van der Waals surface area contributed by atoms with Gasteiger partial charge < -0.3 is 9.47 Å². The predicted octanol–water partition coefficient (Wildman–Crippen LogP) is 3.03. The van der Waals surface area contributed by atoms with Gasteiger partial charge in [0.1, 0.15) is 0 Å². The van der Waals surface area contributed by atoms with Crippen molar-refractivity contribution in [2.75, 3.05) is 19.8 Å². The standard InChI is InChI=1S/C13H26O3/c1-6-15-9-8-13(5,10-11(3)4)12(14)16-7-2/h11H,6-10H2,1-5H3. The highest BCUT2D eigenvalue weighted by molar-refractivity contribution is 5.76. The minimum Gasteiger partial charge on any atom is -0.466 e. The molecular weight excluding hydrogens is 204 g/mol. The first kappa shape index (κ1) is 15.4. The quantitative estimate of drug-likeness (QED) is 0.475. The van der Waals surface area contributed by atoms with Crippen LogP contribution in [0.3, 0.4) is 0 Å². The Labute approximate surface area is 99.5 Å². The van der Waals surface area contributed by atoms with Crippen molar-refractivity contribution in [3.05, 3.63) is 0 Å². The van der Waals surface area contributed by atoms with E-state index >= 15 is 0 Å². The van der Waals surface area contributed by atoms with Crippen LogP contribution in [0.2, 0.25) is 0 Å². The maximum atomic E-state index is 11.9. The van der Waals surface area contributed by atoms with E-state index in [1.54, 1.807) is 0 Å². The number of hydrogen-bond donors (Lipinski definition) is 0. The van der Waals surface area contributed by atoms with Crippen molar-refractivity contribution >= 4 is 5.97 Å². The highest BCUT2D eigenvalue weighted by Crippen LogP contribution is 2.31. The monoisotopic (exact) mass is 230 g/mol. The molecule has 0 saturated heterocycles. The molecule has 0 aliphatic rings. The fourth-order valence-electron chi connectivity index (χ4n) is 1.94. The fraction of sp³-hybridized carbons (Fsp3) is 0.923. The molecule has 1 atom stereocenters. The average Bonchev–Trinajstić information content (AvgIpc) is 2.17. The lowest BCUT2D eigenvalue weighted by Gasteiger charge is -2.28. The minimum atomic E-state index is -0.403. The van der Waals surface area contributed by atoms with Crippen LogP contribution in [0, 0.1) is 11.3 Å². The Morgan fingerprint density at radius 1 is 1.25 bits per heavy atom. The zero-order valence-electron chi connectivity index (χ0n) is 11.3. The molecule has 1 unspecified atom stereocenters. The van der Waals surface area contributed by atoms with Gasteiger partial charge in [-0.3, -0.25) is 4.79 Å². The van der Waals surface area contributed by atoms with Gasteiger partial charge in [-0.25, -0.2) is 0 Å². The first-order valence-corrected chi connectivity index (χ1v) is 6.21. The van der Waals surface area contributed by atoms with Crippen molar-refractivity contribution in [2.45, 2.75) is 47.5 Å². The maximum absolute atomic E-state index is 11.9. The third-order valence-electron chi connectivity index (χ3n) is 2.63. The summed E-state index contributed by atoms with van der Waals surface area (Å²) in [7, 11) is 0. The zero-order valence-corrected chi connectivity index (χ0v) is 11.3. The molecule has 0 aliphatic carbocycles. The molecule has 0 amide bonds. The van der Waals surface area contributed by atoms with Crippen molar-refractivity contribution in [2.24, 2.45) is 11.3 Å². The molecule has 16 heavy (non-hydrogen) atoms. The van der Waals surface area contributed by atoms with E-state index in [4.69, 9.17) is 9.47 Å². The smallest absolute Gasteiger partial charge is 0.311 e. The molecule has 0 fully saturated rings. The summed E-state index contributed by atoms with van der Waals surface area (Å²) >= 11 is 0. The molecule has 3 nitrogen and oxygen atoms in total. The molecule has 0 aliphatic heterocycles. The first-order chi connectivity index (χ1) is 7.46. The van der Waals surface area contributed by atoms with Crippen LogP contribution in [-0.2, 0) is 14.3 Å². The van der Waals surface area contributed by atoms with E-state index < -0.39 is 5.41 Å². The molecule has 0 rings (SSSR count). The Bertz CT molecular complexity index is 201. The van der Waals surface area contributed by atoms with Gasteiger partial charge in [-0.2, -0.15) is 0 Å². The van der Waals surface area contributed by atoms with E-state index in [-0.39, 0.29) is 5.97 Å². The van der Waals surface area contributed by atoms with Crippen molar-refractivity contribution in [1.29, 1.82) is 0 Å². The molecule has 0 aromatic carbocycles. The van der Waals surface area contributed by atoms with Crippen LogP contribution in [0.1, 0.15) is 47.5 Å². The molecular formula is C13H26O3. The summed E-state index contributed by atoms with van der Waals surface area (Å²) in [5.41, 5.74) is -0.403. The SMILES string of the molecule is CCOCCC(C)(CC(C)C)C(=O)OCC. The second-order valence-corrected chi connectivity index (χ2v) is 4.83. The van der Waals surface area contributed by atoms with E-state index in [0.29, 0.717) is 25.7 Å². The van der Waals surface area contributed by atoms with E-state index in [1.807, 2.05) is 20.8 Å². The van der Waals surface area contributed by atoms with Crippen LogP contribution in [0.5, 0.6) is 0 Å². The van der Waals surface area contributed by atoms with Gasteiger partial charge in [0.25, 0.3) is 0 Å². The fourth-order valence-corrected chi connectivity index (χ4v) is 1.94. The second-order valence-electron chi connectivity index (χ2n) is 4.83. The van der Waals surface area contributed by atoms with Gasteiger partial charge in [0.2, 0.25) is 0 Å². The Kier molecular flexibility index (Phi) is 7.39. The zero-order chi connectivity index (χ0) is 12.6. The molecule has 0 saturated carbocycles.